The van der Waals surface area contributed by atoms with Crippen molar-refractivity contribution in [2.75, 3.05) is 6.54 Å². The van der Waals surface area contributed by atoms with Gasteiger partial charge in [-0.25, -0.2) is 9.59 Å². The molecule has 0 unspecified atom stereocenters. The van der Waals surface area contributed by atoms with E-state index in [0.29, 0.717) is 17.5 Å². The summed E-state index contributed by atoms with van der Waals surface area (Å²) in [7, 11) is 0. The molecule has 1 aromatic heterocycles. The lowest BCUT2D eigenvalue weighted by atomic mass is 10.2. The van der Waals surface area contributed by atoms with Gasteiger partial charge < -0.3 is 14.5 Å². The van der Waals surface area contributed by atoms with Crippen molar-refractivity contribution in [2.45, 2.75) is 19.8 Å². The summed E-state index contributed by atoms with van der Waals surface area (Å²) in [6, 6.07) is 8.54. The fourth-order valence-corrected chi connectivity index (χ4v) is 1.62. The van der Waals surface area contributed by atoms with Crippen LogP contribution in [-0.4, -0.2) is 12.6 Å². The Morgan fingerprint density at radius 2 is 2.16 bits per heavy atom. The molecule has 0 fully saturated rings. The van der Waals surface area contributed by atoms with Crippen molar-refractivity contribution in [3.63, 3.8) is 0 Å². The predicted octanol–water partition coefficient (Wildman–Crippen LogP) is 2.68. The van der Waals surface area contributed by atoms with Gasteiger partial charge >= 0.3 is 11.7 Å². The van der Waals surface area contributed by atoms with Crippen molar-refractivity contribution >= 4 is 17.1 Å². The molecule has 0 bridgehead atoms. The molecule has 2 aromatic rings. The Bertz CT molecular complexity index is 633. The monoisotopic (exact) mass is 261 g/mol. The number of fused-ring (bicyclic) bond motifs is 1. The third-order valence-electron chi connectivity index (χ3n) is 2.61. The molecule has 0 radical (unpaired) electrons. The number of amides is 1. The maximum Gasteiger partial charge on any atom is 0.412 e. The van der Waals surface area contributed by atoms with Crippen LogP contribution >= 0.6 is 0 Å². The summed E-state index contributed by atoms with van der Waals surface area (Å²) in [6.45, 7) is 2.54. The van der Waals surface area contributed by atoms with E-state index in [9.17, 15) is 9.59 Å². The van der Waals surface area contributed by atoms with Crippen molar-refractivity contribution in [2.24, 2.45) is 0 Å². The number of carbonyl (C=O) groups is 1. The second kappa shape index (κ2) is 6.04. The van der Waals surface area contributed by atoms with Gasteiger partial charge in [0.2, 0.25) is 5.75 Å². The van der Waals surface area contributed by atoms with E-state index in [0.717, 1.165) is 12.8 Å². The van der Waals surface area contributed by atoms with Crippen molar-refractivity contribution in [3.8, 4) is 5.75 Å². The number of ether oxygens (including phenoxy) is 1. The topological polar surface area (TPSA) is 68.5 Å². The zero-order valence-electron chi connectivity index (χ0n) is 10.6. The van der Waals surface area contributed by atoms with Gasteiger partial charge in [0, 0.05) is 11.9 Å². The molecule has 0 aliphatic heterocycles. The SMILES string of the molecule is CCCCNC(=O)Oc1cc2ccccc2oc1=O. The molecule has 1 amide bonds. The molecular weight excluding hydrogens is 246 g/mol. The van der Waals surface area contributed by atoms with Gasteiger partial charge in [0.1, 0.15) is 5.58 Å². The predicted molar refractivity (Wildman–Crippen MR) is 71.4 cm³/mol. The highest BCUT2D eigenvalue weighted by Crippen LogP contribution is 2.16. The van der Waals surface area contributed by atoms with Crippen LogP contribution in [0.5, 0.6) is 5.75 Å². The third kappa shape index (κ3) is 3.34. The van der Waals surface area contributed by atoms with Crippen LogP contribution in [0.1, 0.15) is 19.8 Å². The number of rotatable bonds is 4. The van der Waals surface area contributed by atoms with Gasteiger partial charge in [-0.2, -0.15) is 0 Å². The number of hydrogen-bond acceptors (Lipinski definition) is 4. The van der Waals surface area contributed by atoms with E-state index in [1.54, 1.807) is 18.2 Å². The number of unbranched alkanes of at least 4 members (excludes halogenated alkanes) is 1. The summed E-state index contributed by atoms with van der Waals surface area (Å²) in [4.78, 5) is 23.1. The second-order valence-corrected chi connectivity index (χ2v) is 4.11. The summed E-state index contributed by atoms with van der Waals surface area (Å²) in [5, 5.41) is 3.27. The zero-order chi connectivity index (χ0) is 13.7. The van der Waals surface area contributed by atoms with Crippen LogP contribution in [0.15, 0.2) is 39.5 Å². The summed E-state index contributed by atoms with van der Waals surface area (Å²) >= 11 is 0. The van der Waals surface area contributed by atoms with E-state index >= 15 is 0 Å². The van der Waals surface area contributed by atoms with E-state index < -0.39 is 11.7 Å². The van der Waals surface area contributed by atoms with Gasteiger partial charge in [0.25, 0.3) is 0 Å². The third-order valence-corrected chi connectivity index (χ3v) is 2.61. The Hall–Kier alpha value is -2.30. The van der Waals surface area contributed by atoms with E-state index in [2.05, 4.69) is 5.32 Å². The molecule has 0 atom stereocenters. The first kappa shape index (κ1) is 13.1. The van der Waals surface area contributed by atoms with Gasteiger partial charge in [-0.1, -0.05) is 31.5 Å². The van der Waals surface area contributed by atoms with E-state index in [4.69, 9.17) is 9.15 Å². The lowest BCUT2D eigenvalue weighted by molar-refractivity contribution is 0.198. The van der Waals surface area contributed by atoms with Crippen molar-refractivity contribution < 1.29 is 13.9 Å². The maximum atomic E-state index is 11.6. The summed E-state index contributed by atoms with van der Waals surface area (Å²) in [6.07, 6.45) is 1.19. The Morgan fingerprint density at radius 3 is 2.95 bits per heavy atom. The molecule has 1 heterocycles. The number of carbonyl (C=O) groups excluding carboxylic acids is 1. The van der Waals surface area contributed by atoms with E-state index in [1.165, 1.54) is 6.07 Å². The quantitative estimate of drug-likeness (QED) is 0.678. The average Bonchev–Trinajstić information content (AvgIpc) is 2.40. The Labute approximate surface area is 110 Å². The molecule has 0 aliphatic rings. The molecule has 0 saturated carbocycles. The van der Waals surface area contributed by atoms with Gasteiger partial charge in [0.15, 0.2) is 0 Å². The largest absolute Gasteiger partial charge is 0.420 e. The first-order valence-corrected chi connectivity index (χ1v) is 6.19. The first-order chi connectivity index (χ1) is 9.20. The maximum absolute atomic E-state index is 11.6. The molecule has 2 rings (SSSR count). The fraction of sp³-hybridized carbons (Fsp3) is 0.286. The normalized spacial score (nSPS) is 10.4. The highest BCUT2D eigenvalue weighted by atomic mass is 16.6. The van der Waals surface area contributed by atoms with Crippen molar-refractivity contribution in [3.05, 3.63) is 40.8 Å². The second-order valence-electron chi connectivity index (χ2n) is 4.11. The van der Waals surface area contributed by atoms with Crippen LogP contribution in [0.2, 0.25) is 0 Å². The van der Waals surface area contributed by atoms with E-state index in [-0.39, 0.29) is 5.75 Å². The minimum atomic E-state index is -0.663. The van der Waals surface area contributed by atoms with Crippen LogP contribution in [-0.2, 0) is 0 Å². The lowest BCUT2D eigenvalue weighted by Crippen LogP contribution is -2.29. The molecule has 1 N–H and O–H groups in total. The molecule has 0 aliphatic carbocycles. The summed E-state index contributed by atoms with van der Waals surface area (Å²) < 4.78 is 10.0. The molecule has 0 saturated heterocycles. The van der Waals surface area contributed by atoms with Crippen LogP contribution in [0.3, 0.4) is 0 Å². The van der Waals surface area contributed by atoms with Crippen LogP contribution in [0.4, 0.5) is 4.79 Å². The van der Waals surface area contributed by atoms with E-state index in [1.807, 2.05) is 13.0 Å². The van der Waals surface area contributed by atoms with Crippen LogP contribution < -0.4 is 15.7 Å². The Morgan fingerprint density at radius 1 is 1.37 bits per heavy atom. The van der Waals surface area contributed by atoms with Crippen LogP contribution in [0.25, 0.3) is 11.0 Å². The minimum absolute atomic E-state index is 0.104. The fourth-order valence-electron chi connectivity index (χ4n) is 1.62. The van der Waals surface area contributed by atoms with Gasteiger partial charge in [-0.3, -0.25) is 0 Å². The average molecular weight is 261 g/mol. The molecule has 5 nitrogen and oxygen atoms in total. The van der Waals surface area contributed by atoms with Crippen molar-refractivity contribution in [1.82, 2.24) is 5.32 Å². The van der Waals surface area contributed by atoms with Crippen LogP contribution in [0, 0.1) is 0 Å². The zero-order valence-corrected chi connectivity index (χ0v) is 10.6. The summed E-state index contributed by atoms with van der Waals surface area (Å²) in [5.74, 6) is -0.104. The first-order valence-electron chi connectivity index (χ1n) is 6.19. The number of para-hydroxylation sites is 1. The number of hydrogen-bond donors (Lipinski definition) is 1. The summed E-state index contributed by atoms with van der Waals surface area (Å²) in [5.41, 5.74) is -0.199. The minimum Gasteiger partial charge on any atom is -0.420 e. The molecule has 5 heteroatoms. The molecule has 1 aromatic carbocycles. The standard InChI is InChI=1S/C14H15NO4/c1-2-3-8-15-14(17)19-12-9-10-6-4-5-7-11(10)18-13(12)16/h4-7,9H,2-3,8H2,1H3,(H,15,17). The number of nitrogens with one attached hydrogen (secondary N) is 1. The highest BCUT2D eigenvalue weighted by molar-refractivity contribution is 5.78. The molecule has 100 valence electrons. The molecular formula is C14H15NO4. The van der Waals surface area contributed by atoms with Gasteiger partial charge in [-0.05, 0) is 18.6 Å². The van der Waals surface area contributed by atoms with Crippen molar-refractivity contribution in [1.29, 1.82) is 0 Å². The van der Waals surface area contributed by atoms with Gasteiger partial charge in [-0.15, -0.1) is 0 Å². The lowest BCUT2D eigenvalue weighted by Gasteiger charge is -2.05. The number of benzene rings is 1. The Balaban J connectivity index is 2.14. The highest BCUT2D eigenvalue weighted by Gasteiger charge is 2.10. The Kier molecular flexibility index (Phi) is 4.18. The van der Waals surface area contributed by atoms with Gasteiger partial charge in [0.05, 0.1) is 0 Å². The molecule has 19 heavy (non-hydrogen) atoms. The smallest absolute Gasteiger partial charge is 0.412 e. The molecule has 0 spiro atoms.